The summed E-state index contributed by atoms with van der Waals surface area (Å²) in [7, 11) is 0. The van der Waals surface area contributed by atoms with Crippen molar-refractivity contribution in [3.63, 3.8) is 0 Å². The van der Waals surface area contributed by atoms with Gasteiger partial charge in [-0.05, 0) is 37.1 Å². The highest BCUT2D eigenvalue weighted by Gasteiger charge is 2.22. The van der Waals surface area contributed by atoms with E-state index in [2.05, 4.69) is 25.0 Å². The third kappa shape index (κ3) is 4.03. The number of nitrogens with zero attached hydrogens (tertiary/aromatic N) is 4. The highest BCUT2D eigenvalue weighted by atomic mass is 16.5. The van der Waals surface area contributed by atoms with Crippen LogP contribution < -0.4 is 5.56 Å². The van der Waals surface area contributed by atoms with Crippen molar-refractivity contribution < 1.29 is 13.7 Å². The van der Waals surface area contributed by atoms with Gasteiger partial charge in [-0.1, -0.05) is 17.3 Å². The number of ether oxygens (including phenoxy) is 1. The van der Waals surface area contributed by atoms with Crippen molar-refractivity contribution in [3.05, 3.63) is 64.7 Å². The molecule has 0 bridgehead atoms. The molecule has 3 aromatic heterocycles. The maximum Gasteiger partial charge on any atom is 0.258 e. The van der Waals surface area contributed by atoms with Gasteiger partial charge in [0.25, 0.3) is 5.56 Å². The van der Waals surface area contributed by atoms with Gasteiger partial charge in [-0.3, -0.25) is 9.69 Å². The van der Waals surface area contributed by atoms with Crippen molar-refractivity contribution in [3.8, 4) is 11.6 Å². The van der Waals surface area contributed by atoms with Crippen LogP contribution in [0.15, 0.2) is 56.4 Å². The number of rotatable bonds is 7. The van der Waals surface area contributed by atoms with Gasteiger partial charge in [-0.15, -0.1) is 0 Å². The number of fused-ring (bicyclic) bond motifs is 1. The van der Waals surface area contributed by atoms with Crippen LogP contribution >= 0.6 is 0 Å². The molecular weight excluding hydrogens is 386 g/mol. The van der Waals surface area contributed by atoms with E-state index in [-0.39, 0.29) is 11.7 Å². The molecule has 30 heavy (non-hydrogen) atoms. The lowest BCUT2D eigenvalue weighted by Crippen LogP contribution is -2.33. The van der Waals surface area contributed by atoms with Crippen LogP contribution in [0.1, 0.15) is 24.6 Å². The Labute approximate surface area is 171 Å². The number of para-hydroxylation sites is 1. The number of hydrogen-bond donors (Lipinski definition) is 1. The van der Waals surface area contributed by atoms with Gasteiger partial charge in [0.05, 0.1) is 36.4 Å². The lowest BCUT2D eigenvalue weighted by Gasteiger charge is -2.23. The van der Waals surface area contributed by atoms with E-state index in [1.165, 1.54) is 0 Å². The first-order valence-electron chi connectivity index (χ1n) is 9.93. The highest BCUT2D eigenvalue weighted by Crippen LogP contribution is 2.19. The van der Waals surface area contributed by atoms with Gasteiger partial charge in [0.15, 0.2) is 5.76 Å². The van der Waals surface area contributed by atoms with Gasteiger partial charge in [0.2, 0.25) is 11.7 Å². The van der Waals surface area contributed by atoms with E-state index in [4.69, 9.17) is 13.7 Å². The van der Waals surface area contributed by atoms with Crippen LogP contribution in [0.3, 0.4) is 0 Å². The summed E-state index contributed by atoms with van der Waals surface area (Å²) < 4.78 is 16.5. The summed E-state index contributed by atoms with van der Waals surface area (Å²) in [5.74, 6) is 2.01. The monoisotopic (exact) mass is 407 g/mol. The highest BCUT2D eigenvalue weighted by molar-refractivity contribution is 5.77. The Balaban J connectivity index is 1.38. The van der Waals surface area contributed by atoms with Gasteiger partial charge < -0.3 is 18.7 Å². The van der Waals surface area contributed by atoms with Crippen molar-refractivity contribution >= 4 is 10.9 Å². The minimum absolute atomic E-state index is 0.129. The first kappa shape index (κ1) is 18.7. The predicted molar refractivity (Wildman–Crippen MR) is 107 cm³/mol. The normalized spacial score (nSPS) is 16.6. The number of benzene rings is 1. The topological polar surface area (TPSA) is 110 Å². The molecule has 4 aromatic rings. The molecule has 5 rings (SSSR count). The molecule has 0 aliphatic carbocycles. The average molecular weight is 407 g/mol. The predicted octanol–water partition coefficient (Wildman–Crippen LogP) is 2.75. The van der Waals surface area contributed by atoms with Gasteiger partial charge in [-0.25, -0.2) is 4.98 Å². The van der Waals surface area contributed by atoms with Crippen molar-refractivity contribution in [2.75, 3.05) is 13.2 Å². The maximum atomic E-state index is 12.4. The summed E-state index contributed by atoms with van der Waals surface area (Å²) in [6.45, 7) is 2.28. The average Bonchev–Trinajstić information content (AvgIpc) is 3.51. The zero-order valence-corrected chi connectivity index (χ0v) is 16.3. The molecule has 1 N–H and O–H groups in total. The van der Waals surface area contributed by atoms with Gasteiger partial charge in [0, 0.05) is 13.2 Å². The summed E-state index contributed by atoms with van der Waals surface area (Å²) in [5.41, 5.74) is 0.525. The molecule has 0 radical (unpaired) electrons. The second-order valence-electron chi connectivity index (χ2n) is 7.32. The number of hydrogen-bond acceptors (Lipinski definition) is 8. The van der Waals surface area contributed by atoms with E-state index >= 15 is 0 Å². The lowest BCUT2D eigenvalue weighted by molar-refractivity contribution is 0.0631. The molecule has 1 saturated heterocycles. The Hall–Kier alpha value is -3.30. The summed E-state index contributed by atoms with van der Waals surface area (Å²) in [5, 5.41) is 4.57. The Morgan fingerprint density at radius 1 is 1.13 bits per heavy atom. The second-order valence-corrected chi connectivity index (χ2v) is 7.32. The molecule has 9 nitrogen and oxygen atoms in total. The Morgan fingerprint density at radius 3 is 2.90 bits per heavy atom. The smallest absolute Gasteiger partial charge is 0.258 e. The van der Waals surface area contributed by atoms with Gasteiger partial charge >= 0.3 is 0 Å². The number of aromatic amines is 1. The first-order chi connectivity index (χ1) is 14.7. The van der Waals surface area contributed by atoms with Crippen LogP contribution in [0, 0.1) is 0 Å². The minimum Gasteiger partial charge on any atom is -0.461 e. The molecule has 9 heteroatoms. The van der Waals surface area contributed by atoms with Crippen molar-refractivity contribution in [1.82, 2.24) is 25.0 Å². The van der Waals surface area contributed by atoms with E-state index in [1.54, 1.807) is 24.5 Å². The zero-order chi connectivity index (χ0) is 20.3. The van der Waals surface area contributed by atoms with E-state index in [9.17, 15) is 4.79 Å². The fourth-order valence-electron chi connectivity index (χ4n) is 3.70. The van der Waals surface area contributed by atoms with Crippen LogP contribution in [0.5, 0.6) is 0 Å². The van der Waals surface area contributed by atoms with Gasteiger partial charge in [0.1, 0.15) is 5.82 Å². The summed E-state index contributed by atoms with van der Waals surface area (Å²) in [6.07, 6.45) is 3.74. The Bertz CT molecular complexity index is 1180. The number of furan rings is 1. The minimum atomic E-state index is -0.148. The van der Waals surface area contributed by atoms with Gasteiger partial charge in [-0.2, -0.15) is 4.98 Å². The van der Waals surface area contributed by atoms with Crippen molar-refractivity contribution in [1.29, 1.82) is 0 Å². The molecule has 154 valence electrons. The quantitative estimate of drug-likeness (QED) is 0.498. The van der Waals surface area contributed by atoms with E-state index in [1.807, 2.05) is 18.2 Å². The maximum absolute atomic E-state index is 12.4. The molecule has 1 aliphatic heterocycles. The third-order valence-corrected chi connectivity index (χ3v) is 5.09. The molecule has 0 saturated carbocycles. The molecule has 1 atom stereocenters. The molecule has 1 aromatic carbocycles. The van der Waals surface area contributed by atoms with E-state index < -0.39 is 0 Å². The standard InChI is InChI=1S/C21H21N5O4/c27-21-15-6-1-2-7-16(15)22-18(23-21)12-26(11-14-5-3-9-28-14)13-19-24-20(25-30-19)17-8-4-10-29-17/h1-2,4,6-8,10,14H,3,5,9,11-13H2,(H,22,23,27)/t14-/m0/s1. The summed E-state index contributed by atoms with van der Waals surface area (Å²) >= 11 is 0. The fourth-order valence-corrected chi connectivity index (χ4v) is 3.70. The summed E-state index contributed by atoms with van der Waals surface area (Å²) in [6, 6.07) is 10.9. The zero-order valence-electron chi connectivity index (χ0n) is 16.3. The SMILES string of the molecule is O=c1[nH]c(CN(Cc2nc(-c3ccco3)no2)C[C@@H]2CCCO2)nc2ccccc12. The van der Waals surface area contributed by atoms with Crippen LogP contribution in [0.2, 0.25) is 0 Å². The number of H-pyrrole nitrogens is 1. The largest absolute Gasteiger partial charge is 0.461 e. The molecule has 1 aliphatic rings. The Kier molecular flexibility index (Phi) is 5.12. The molecule has 0 spiro atoms. The fraction of sp³-hybridized carbons (Fsp3) is 0.333. The third-order valence-electron chi connectivity index (χ3n) is 5.09. The van der Waals surface area contributed by atoms with E-state index in [0.717, 1.165) is 19.4 Å². The molecule has 1 fully saturated rings. The number of nitrogens with one attached hydrogen (secondary N) is 1. The second kappa shape index (κ2) is 8.21. The van der Waals surface area contributed by atoms with Crippen LogP contribution in [-0.4, -0.2) is 44.3 Å². The first-order valence-corrected chi connectivity index (χ1v) is 9.93. The number of aromatic nitrogens is 4. The molecule has 0 unspecified atom stereocenters. The molecular formula is C21H21N5O4. The molecule has 4 heterocycles. The van der Waals surface area contributed by atoms with E-state index in [0.29, 0.717) is 53.8 Å². The Morgan fingerprint density at radius 2 is 2.07 bits per heavy atom. The van der Waals surface area contributed by atoms with Crippen LogP contribution in [0.4, 0.5) is 0 Å². The van der Waals surface area contributed by atoms with Crippen LogP contribution in [0.25, 0.3) is 22.5 Å². The van der Waals surface area contributed by atoms with Crippen molar-refractivity contribution in [2.45, 2.75) is 32.0 Å². The summed E-state index contributed by atoms with van der Waals surface area (Å²) in [4.78, 5) is 26.5. The molecule has 0 amide bonds. The lowest BCUT2D eigenvalue weighted by atomic mass is 10.2. The van der Waals surface area contributed by atoms with Crippen molar-refractivity contribution in [2.24, 2.45) is 0 Å². The van der Waals surface area contributed by atoms with Crippen LogP contribution in [-0.2, 0) is 17.8 Å².